The lowest BCUT2D eigenvalue weighted by molar-refractivity contribution is -0.116. The molecule has 4 aromatic rings. The van der Waals surface area contributed by atoms with Crippen molar-refractivity contribution in [2.45, 2.75) is 32.4 Å². The Balaban J connectivity index is 1.48. The average Bonchev–Trinajstić information content (AvgIpc) is 3.38. The summed E-state index contributed by atoms with van der Waals surface area (Å²) in [5.74, 6) is -0.369. The fourth-order valence-corrected chi connectivity index (χ4v) is 5.38. The van der Waals surface area contributed by atoms with Gasteiger partial charge in [0.2, 0.25) is 5.91 Å². The maximum absolute atomic E-state index is 14.1. The topological polar surface area (TPSA) is 62.2 Å². The molecule has 188 valence electrons. The van der Waals surface area contributed by atoms with E-state index >= 15 is 0 Å². The monoisotopic (exact) mass is 513 g/mol. The molecule has 1 fully saturated rings. The molecule has 0 saturated carbocycles. The van der Waals surface area contributed by atoms with Gasteiger partial charge >= 0.3 is 0 Å². The number of aromatic nitrogens is 2. The maximum Gasteiger partial charge on any atom is 0.226 e. The molecule has 3 heterocycles. The zero-order chi connectivity index (χ0) is 25.9. The van der Waals surface area contributed by atoms with Gasteiger partial charge in [-0.25, -0.2) is 4.39 Å². The predicted octanol–water partition coefficient (Wildman–Crippen LogP) is 5.63. The highest BCUT2D eigenvalue weighted by Gasteiger charge is 2.41. The third-order valence-electron chi connectivity index (χ3n) is 6.69. The van der Waals surface area contributed by atoms with E-state index in [-0.39, 0.29) is 30.2 Å². The van der Waals surface area contributed by atoms with Crippen molar-refractivity contribution in [3.05, 3.63) is 114 Å². The summed E-state index contributed by atoms with van der Waals surface area (Å²) in [5.41, 5.74) is 5.40. The minimum Gasteiger partial charge on any atom is -0.352 e. The third kappa shape index (κ3) is 5.11. The summed E-state index contributed by atoms with van der Waals surface area (Å²) in [7, 11) is 0. The van der Waals surface area contributed by atoms with E-state index in [4.69, 9.17) is 12.2 Å². The van der Waals surface area contributed by atoms with Crippen LogP contribution < -0.4 is 10.6 Å². The molecule has 0 aliphatic carbocycles. The van der Waals surface area contributed by atoms with Crippen molar-refractivity contribution in [3.63, 3.8) is 0 Å². The fourth-order valence-electron chi connectivity index (χ4n) is 5.05. The molecular formula is C29H28FN5OS. The van der Waals surface area contributed by atoms with Crippen LogP contribution in [0, 0.1) is 19.7 Å². The second kappa shape index (κ2) is 10.5. The highest BCUT2D eigenvalue weighted by molar-refractivity contribution is 7.80. The van der Waals surface area contributed by atoms with Crippen LogP contribution in [0.5, 0.6) is 0 Å². The molecule has 0 spiro atoms. The first-order valence-electron chi connectivity index (χ1n) is 12.2. The molecule has 8 heteroatoms. The van der Waals surface area contributed by atoms with Crippen LogP contribution in [-0.2, 0) is 4.79 Å². The largest absolute Gasteiger partial charge is 0.352 e. The highest BCUT2D eigenvalue weighted by Crippen LogP contribution is 2.41. The molecule has 1 saturated heterocycles. The van der Waals surface area contributed by atoms with Gasteiger partial charge in [-0.2, -0.15) is 0 Å². The maximum atomic E-state index is 14.1. The number of benzene rings is 2. The van der Waals surface area contributed by atoms with E-state index in [1.165, 1.54) is 12.1 Å². The zero-order valence-corrected chi connectivity index (χ0v) is 21.5. The number of carbonyl (C=O) groups is 1. The number of halogens is 1. The summed E-state index contributed by atoms with van der Waals surface area (Å²) in [4.78, 5) is 19.4. The Kier molecular flexibility index (Phi) is 7.01. The number of hydrogen-bond donors (Lipinski definition) is 2. The summed E-state index contributed by atoms with van der Waals surface area (Å²) >= 11 is 5.77. The van der Waals surface area contributed by atoms with Gasteiger partial charge < -0.3 is 20.1 Å². The number of para-hydroxylation sites is 1. The van der Waals surface area contributed by atoms with Crippen LogP contribution in [0.3, 0.4) is 0 Å². The number of pyridine rings is 1. The zero-order valence-electron chi connectivity index (χ0n) is 20.7. The molecule has 1 amide bonds. The van der Waals surface area contributed by atoms with E-state index in [9.17, 15) is 9.18 Å². The molecule has 0 radical (unpaired) electrons. The number of aryl methyl sites for hydroxylation is 1. The Bertz CT molecular complexity index is 1420. The lowest BCUT2D eigenvalue weighted by atomic mass is 9.96. The fraction of sp³-hybridized carbons (Fsp3) is 0.207. The molecule has 2 aromatic carbocycles. The normalized spacial score (nSPS) is 17.1. The molecule has 6 nitrogen and oxygen atoms in total. The van der Waals surface area contributed by atoms with Crippen molar-refractivity contribution in [2.24, 2.45) is 0 Å². The van der Waals surface area contributed by atoms with E-state index in [0.717, 1.165) is 34.0 Å². The molecule has 2 aromatic heterocycles. The van der Waals surface area contributed by atoms with Gasteiger partial charge in [0.15, 0.2) is 5.11 Å². The van der Waals surface area contributed by atoms with Crippen molar-refractivity contribution in [1.29, 1.82) is 0 Å². The molecule has 2 N–H and O–H groups in total. The second-order valence-electron chi connectivity index (χ2n) is 9.13. The van der Waals surface area contributed by atoms with E-state index in [0.29, 0.717) is 11.7 Å². The van der Waals surface area contributed by atoms with Crippen LogP contribution in [-0.4, -0.2) is 32.0 Å². The number of carbonyl (C=O) groups excluding carboxylic acids is 1. The first kappa shape index (κ1) is 24.6. The first-order valence-corrected chi connectivity index (χ1v) is 12.6. The van der Waals surface area contributed by atoms with Gasteiger partial charge in [-0.05, 0) is 80.2 Å². The minimum absolute atomic E-state index is 0.0840. The summed E-state index contributed by atoms with van der Waals surface area (Å²) in [5, 5.41) is 6.96. The Morgan fingerprint density at radius 3 is 2.57 bits per heavy atom. The van der Waals surface area contributed by atoms with Gasteiger partial charge in [-0.1, -0.05) is 30.3 Å². The Hall–Kier alpha value is -4.04. The number of rotatable bonds is 7. The molecule has 0 bridgehead atoms. The number of amides is 1. The van der Waals surface area contributed by atoms with E-state index in [1.807, 2.05) is 68.4 Å². The van der Waals surface area contributed by atoms with Crippen molar-refractivity contribution >= 4 is 28.9 Å². The second-order valence-corrected chi connectivity index (χ2v) is 9.51. The molecule has 2 unspecified atom stereocenters. The van der Waals surface area contributed by atoms with Crippen LogP contribution in [0.15, 0.2) is 85.1 Å². The Labute approximate surface area is 221 Å². The molecule has 2 atom stereocenters. The highest BCUT2D eigenvalue weighted by atomic mass is 32.1. The summed E-state index contributed by atoms with van der Waals surface area (Å²) in [6.07, 6.45) is 2.04. The van der Waals surface area contributed by atoms with Gasteiger partial charge in [-0.3, -0.25) is 9.78 Å². The number of nitrogens with one attached hydrogen (secondary N) is 2. The SMILES string of the molecule is Cc1cc(C2C(c3ccccn3)NC(=S)N2CCC(=O)Nc2ccccc2)c(C)n1-c1cccc(F)c1. The van der Waals surface area contributed by atoms with Crippen molar-refractivity contribution in [2.75, 3.05) is 11.9 Å². The first-order chi connectivity index (χ1) is 17.9. The van der Waals surface area contributed by atoms with Crippen LogP contribution in [0.2, 0.25) is 0 Å². The van der Waals surface area contributed by atoms with E-state index < -0.39 is 0 Å². The van der Waals surface area contributed by atoms with Crippen LogP contribution >= 0.6 is 12.2 Å². The number of thiocarbonyl (C=S) groups is 1. The summed E-state index contributed by atoms with van der Waals surface area (Å²) < 4.78 is 16.1. The smallest absolute Gasteiger partial charge is 0.226 e. The average molecular weight is 514 g/mol. The van der Waals surface area contributed by atoms with Crippen LogP contribution in [0.25, 0.3) is 5.69 Å². The number of nitrogens with zero attached hydrogens (tertiary/aromatic N) is 3. The van der Waals surface area contributed by atoms with Gasteiger partial charge in [0.1, 0.15) is 5.82 Å². The molecule has 37 heavy (non-hydrogen) atoms. The predicted molar refractivity (Wildman–Crippen MR) is 147 cm³/mol. The third-order valence-corrected chi connectivity index (χ3v) is 7.04. The molecule has 5 rings (SSSR count). The quantitative estimate of drug-likeness (QED) is 0.314. The van der Waals surface area contributed by atoms with Crippen molar-refractivity contribution < 1.29 is 9.18 Å². The minimum atomic E-state index is -0.285. The molecule has 1 aliphatic rings. The van der Waals surface area contributed by atoms with Crippen molar-refractivity contribution in [3.8, 4) is 5.69 Å². The van der Waals surface area contributed by atoms with Crippen molar-refractivity contribution in [1.82, 2.24) is 19.8 Å². The molecule has 1 aliphatic heterocycles. The Morgan fingerprint density at radius 1 is 1.05 bits per heavy atom. The number of hydrogen-bond acceptors (Lipinski definition) is 3. The van der Waals surface area contributed by atoms with Gasteiger partial charge in [-0.15, -0.1) is 0 Å². The number of anilines is 1. The Morgan fingerprint density at radius 2 is 1.84 bits per heavy atom. The summed E-state index contributed by atoms with van der Waals surface area (Å²) in [6.45, 7) is 4.47. The molecular weight excluding hydrogens is 485 g/mol. The lowest BCUT2D eigenvalue weighted by Crippen LogP contribution is -2.32. The summed E-state index contributed by atoms with van der Waals surface area (Å²) in [6, 6.07) is 23.5. The van der Waals surface area contributed by atoms with Gasteiger partial charge in [0, 0.05) is 41.9 Å². The standard InChI is InChI=1S/C29H28FN5OS/c1-19-17-24(20(2)35(19)23-12-8-9-21(30)18-23)28-27(25-13-6-7-15-31-25)33-29(37)34(28)16-14-26(36)32-22-10-4-3-5-11-22/h3-13,15,17-18,27-28H,14,16H2,1-2H3,(H,32,36)(H,33,37). The van der Waals surface area contributed by atoms with Crippen LogP contribution in [0.1, 0.15) is 41.1 Å². The van der Waals surface area contributed by atoms with Crippen LogP contribution in [0.4, 0.5) is 10.1 Å². The van der Waals surface area contributed by atoms with Gasteiger partial charge in [0.05, 0.1) is 17.8 Å². The van der Waals surface area contributed by atoms with E-state index in [2.05, 4.69) is 31.2 Å². The van der Waals surface area contributed by atoms with E-state index in [1.54, 1.807) is 12.3 Å². The lowest BCUT2D eigenvalue weighted by Gasteiger charge is -2.28. The van der Waals surface area contributed by atoms with Gasteiger partial charge in [0.25, 0.3) is 0 Å².